The van der Waals surface area contributed by atoms with Crippen LogP contribution in [0.1, 0.15) is 13.3 Å². The molecule has 0 bridgehead atoms. The molecule has 1 aliphatic heterocycles. The van der Waals surface area contributed by atoms with Gasteiger partial charge in [0.1, 0.15) is 0 Å². The van der Waals surface area contributed by atoms with Crippen molar-refractivity contribution in [2.45, 2.75) is 19.4 Å². The van der Waals surface area contributed by atoms with Crippen LogP contribution in [0.5, 0.6) is 0 Å². The van der Waals surface area contributed by atoms with Crippen molar-refractivity contribution in [1.29, 1.82) is 0 Å². The molecule has 2 heteroatoms. The Labute approximate surface area is 59.9 Å². The van der Waals surface area contributed by atoms with Crippen molar-refractivity contribution in [2.75, 3.05) is 5.75 Å². The van der Waals surface area contributed by atoms with Crippen molar-refractivity contribution in [3.05, 3.63) is 0 Å². The average molecular weight is 139 g/mol. The largest absolute Gasteiger partial charge is 0.278 e. The van der Waals surface area contributed by atoms with E-state index in [0.717, 1.165) is 17.2 Å². The zero-order chi connectivity index (χ0) is 6.69. The van der Waals surface area contributed by atoms with E-state index in [4.69, 9.17) is 6.42 Å². The van der Waals surface area contributed by atoms with E-state index in [0.29, 0.717) is 6.04 Å². The van der Waals surface area contributed by atoms with Gasteiger partial charge in [-0.15, -0.1) is 18.2 Å². The number of aliphatic imine (C=N–C) groups is 1. The van der Waals surface area contributed by atoms with Gasteiger partial charge in [-0.2, -0.15) is 0 Å². The highest BCUT2D eigenvalue weighted by Gasteiger charge is 2.11. The van der Waals surface area contributed by atoms with E-state index < -0.39 is 0 Å². The van der Waals surface area contributed by atoms with Crippen molar-refractivity contribution in [1.82, 2.24) is 0 Å². The molecule has 0 amide bonds. The molecule has 0 aromatic rings. The summed E-state index contributed by atoms with van der Waals surface area (Å²) in [6.07, 6.45) is 5.83. The van der Waals surface area contributed by atoms with Crippen LogP contribution in [-0.2, 0) is 0 Å². The predicted molar refractivity (Wildman–Crippen MR) is 42.8 cm³/mol. The van der Waals surface area contributed by atoms with Gasteiger partial charge in [-0.3, -0.25) is 4.99 Å². The highest BCUT2D eigenvalue weighted by Crippen LogP contribution is 2.18. The molecule has 1 unspecified atom stereocenters. The number of terminal acetylenes is 1. The molecule has 1 nitrogen and oxygen atoms in total. The van der Waals surface area contributed by atoms with E-state index >= 15 is 0 Å². The number of rotatable bonds is 1. The molecule has 9 heavy (non-hydrogen) atoms. The summed E-state index contributed by atoms with van der Waals surface area (Å²) in [5, 5.41) is 1.13. The van der Waals surface area contributed by atoms with Crippen LogP contribution in [0.25, 0.3) is 0 Å². The average Bonchev–Trinajstić information content (AvgIpc) is 2.17. The summed E-state index contributed by atoms with van der Waals surface area (Å²) in [5.41, 5.74) is 0. The summed E-state index contributed by atoms with van der Waals surface area (Å²) >= 11 is 1.78. The fourth-order valence-electron chi connectivity index (χ4n) is 0.721. The topological polar surface area (TPSA) is 12.4 Å². The minimum absolute atomic E-state index is 0.485. The lowest BCUT2D eigenvalue weighted by atomic mass is 10.4. The Morgan fingerprint density at radius 2 is 2.78 bits per heavy atom. The van der Waals surface area contributed by atoms with Gasteiger partial charge in [-0.1, -0.05) is 5.92 Å². The molecule has 0 N–H and O–H groups in total. The van der Waals surface area contributed by atoms with E-state index in [1.807, 2.05) is 0 Å². The maximum absolute atomic E-state index is 5.11. The second-order valence-corrected chi connectivity index (χ2v) is 3.16. The first-order valence-corrected chi connectivity index (χ1v) is 3.94. The molecule has 1 atom stereocenters. The smallest absolute Gasteiger partial charge is 0.0799 e. The summed E-state index contributed by atoms with van der Waals surface area (Å²) in [7, 11) is 0. The third-order valence-corrected chi connectivity index (χ3v) is 2.34. The molecule has 1 rings (SSSR count). The zero-order valence-electron chi connectivity index (χ0n) is 5.42. The molecule has 0 saturated carbocycles. The van der Waals surface area contributed by atoms with E-state index in [2.05, 4.69) is 17.8 Å². The minimum atomic E-state index is 0.485. The molecule has 0 aromatic heterocycles. The van der Waals surface area contributed by atoms with E-state index in [1.54, 1.807) is 11.8 Å². The van der Waals surface area contributed by atoms with Gasteiger partial charge in [0, 0.05) is 5.75 Å². The number of nitrogens with zero attached hydrogens (tertiary/aromatic N) is 1. The fraction of sp³-hybridized carbons (Fsp3) is 0.571. The SMILES string of the molecule is C#CCC1=NC(C)CS1. The van der Waals surface area contributed by atoms with Crippen LogP contribution >= 0.6 is 11.8 Å². The molecule has 1 heterocycles. The summed E-state index contributed by atoms with van der Waals surface area (Å²) in [6.45, 7) is 2.11. The molecule has 0 fully saturated rings. The van der Waals surface area contributed by atoms with Gasteiger partial charge in [-0.25, -0.2) is 0 Å². The van der Waals surface area contributed by atoms with Crippen LogP contribution in [0.4, 0.5) is 0 Å². The second-order valence-electron chi connectivity index (χ2n) is 2.06. The zero-order valence-corrected chi connectivity index (χ0v) is 6.24. The van der Waals surface area contributed by atoms with Gasteiger partial charge in [0.05, 0.1) is 17.5 Å². The van der Waals surface area contributed by atoms with E-state index in [1.165, 1.54) is 0 Å². The first-order valence-electron chi connectivity index (χ1n) is 2.96. The van der Waals surface area contributed by atoms with Crippen molar-refractivity contribution in [2.24, 2.45) is 4.99 Å². The Hall–Kier alpha value is -0.420. The maximum Gasteiger partial charge on any atom is 0.0799 e. The highest BCUT2D eigenvalue weighted by atomic mass is 32.2. The van der Waals surface area contributed by atoms with E-state index in [-0.39, 0.29) is 0 Å². The lowest BCUT2D eigenvalue weighted by molar-refractivity contribution is 0.863. The fourth-order valence-corrected chi connectivity index (χ4v) is 1.67. The van der Waals surface area contributed by atoms with Gasteiger partial charge >= 0.3 is 0 Å². The second kappa shape index (κ2) is 2.93. The minimum Gasteiger partial charge on any atom is -0.278 e. The summed E-state index contributed by atoms with van der Waals surface area (Å²) in [6, 6.07) is 0.485. The van der Waals surface area contributed by atoms with Crippen LogP contribution < -0.4 is 0 Å². The van der Waals surface area contributed by atoms with Gasteiger partial charge in [-0.05, 0) is 6.92 Å². The van der Waals surface area contributed by atoms with Crippen LogP contribution in [0.15, 0.2) is 4.99 Å². The lowest BCUT2D eigenvalue weighted by Crippen LogP contribution is -1.92. The molecule has 1 aliphatic rings. The van der Waals surface area contributed by atoms with Crippen molar-refractivity contribution < 1.29 is 0 Å². The molecular formula is C7H9NS. The van der Waals surface area contributed by atoms with Crippen molar-refractivity contribution in [3.8, 4) is 12.3 Å². The Morgan fingerprint density at radius 3 is 3.22 bits per heavy atom. The first kappa shape index (κ1) is 6.70. The quantitative estimate of drug-likeness (QED) is 0.502. The monoisotopic (exact) mass is 139 g/mol. The molecule has 0 aromatic carbocycles. The Morgan fingerprint density at radius 1 is 2.00 bits per heavy atom. The molecule has 0 saturated heterocycles. The summed E-state index contributed by atoms with van der Waals surface area (Å²) in [4.78, 5) is 4.32. The van der Waals surface area contributed by atoms with E-state index in [9.17, 15) is 0 Å². The van der Waals surface area contributed by atoms with Gasteiger partial charge in [0.25, 0.3) is 0 Å². The normalized spacial score (nSPS) is 25.3. The first-order chi connectivity index (χ1) is 4.33. The maximum atomic E-state index is 5.11. The van der Waals surface area contributed by atoms with Crippen LogP contribution in [0.3, 0.4) is 0 Å². The highest BCUT2D eigenvalue weighted by molar-refractivity contribution is 8.14. The molecule has 0 spiro atoms. The summed E-state index contributed by atoms with van der Waals surface area (Å²) in [5.74, 6) is 3.69. The number of hydrogen-bond donors (Lipinski definition) is 0. The number of hydrogen-bond acceptors (Lipinski definition) is 2. The molecule has 48 valence electrons. The Balaban J connectivity index is 2.44. The van der Waals surface area contributed by atoms with Crippen LogP contribution in [0, 0.1) is 12.3 Å². The Bertz CT molecular complexity index is 166. The Kier molecular flexibility index (Phi) is 2.18. The predicted octanol–water partition coefficient (Wildman–Crippen LogP) is 1.54. The summed E-state index contributed by atoms with van der Waals surface area (Å²) < 4.78 is 0. The lowest BCUT2D eigenvalue weighted by Gasteiger charge is -1.87. The van der Waals surface area contributed by atoms with Crippen molar-refractivity contribution >= 4 is 16.8 Å². The van der Waals surface area contributed by atoms with Crippen LogP contribution in [-0.4, -0.2) is 16.8 Å². The number of thioether (sulfide) groups is 1. The van der Waals surface area contributed by atoms with Crippen molar-refractivity contribution in [3.63, 3.8) is 0 Å². The molecule has 0 radical (unpaired) electrons. The van der Waals surface area contributed by atoms with Gasteiger partial charge < -0.3 is 0 Å². The molecular weight excluding hydrogens is 130 g/mol. The standard InChI is InChI=1S/C7H9NS/c1-3-4-7-8-6(2)5-9-7/h1,6H,4-5H2,2H3. The molecule has 0 aliphatic carbocycles. The van der Waals surface area contributed by atoms with Gasteiger partial charge in [0.2, 0.25) is 0 Å². The van der Waals surface area contributed by atoms with Gasteiger partial charge in [0.15, 0.2) is 0 Å². The third-order valence-electron chi connectivity index (χ3n) is 1.11. The third kappa shape index (κ3) is 1.76. The van der Waals surface area contributed by atoms with Crippen LogP contribution in [0.2, 0.25) is 0 Å².